The van der Waals surface area contributed by atoms with E-state index in [1.165, 1.54) is 0 Å². The maximum atomic E-state index is 11.1. The zero-order valence-electron chi connectivity index (χ0n) is 8.95. The SMILES string of the molecule is COc1ccc(-c2csc(S(N)(=O)=O)n2)cc1. The second-order valence-electron chi connectivity index (χ2n) is 3.27. The van der Waals surface area contributed by atoms with Crippen LogP contribution in [0.3, 0.4) is 0 Å². The van der Waals surface area contributed by atoms with Gasteiger partial charge in [0.2, 0.25) is 4.34 Å². The fourth-order valence-corrected chi connectivity index (χ4v) is 2.74. The minimum absolute atomic E-state index is 0.0803. The van der Waals surface area contributed by atoms with Crippen LogP contribution < -0.4 is 9.88 Å². The third-order valence-corrected chi connectivity index (χ3v) is 4.31. The number of hydrogen-bond donors (Lipinski definition) is 1. The van der Waals surface area contributed by atoms with Gasteiger partial charge in [0.25, 0.3) is 10.0 Å². The summed E-state index contributed by atoms with van der Waals surface area (Å²) in [6.45, 7) is 0. The molecule has 0 atom stereocenters. The van der Waals surface area contributed by atoms with Gasteiger partial charge >= 0.3 is 0 Å². The van der Waals surface area contributed by atoms with E-state index in [-0.39, 0.29) is 4.34 Å². The molecule has 0 saturated carbocycles. The lowest BCUT2D eigenvalue weighted by Crippen LogP contribution is -2.11. The first-order chi connectivity index (χ1) is 8.00. The highest BCUT2D eigenvalue weighted by atomic mass is 32.2. The summed E-state index contributed by atoms with van der Waals surface area (Å²) in [6, 6.07) is 7.18. The lowest BCUT2D eigenvalue weighted by atomic mass is 10.2. The Morgan fingerprint density at radius 3 is 2.41 bits per heavy atom. The molecule has 5 nitrogen and oxygen atoms in total. The topological polar surface area (TPSA) is 82.3 Å². The van der Waals surface area contributed by atoms with Gasteiger partial charge in [-0.25, -0.2) is 18.5 Å². The highest BCUT2D eigenvalue weighted by molar-refractivity contribution is 7.91. The summed E-state index contributed by atoms with van der Waals surface area (Å²) in [5.41, 5.74) is 1.40. The summed E-state index contributed by atoms with van der Waals surface area (Å²) >= 11 is 1.01. The average Bonchev–Trinajstić information content (AvgIpc) is 2.78. The Labute approximate surface area is 103 Å². The van der Waals surface area contributed by atoms with Gasteiger partial charge in [-0.2, -0.15) is 0 Å². The minimum Gasteiger partial charge on any atom is -0.497 e. The Balaban J connectivity index is 2.37. The first kappa shape index (κ1) is 12.0. The molecule has 1 aromatic carbocycles. The third-order valence-electron chi connectivity index (χ3n) is 2.11. The molecule has 17 heavy (non-hydrogen) atoms. The zero-order chi connectivity index (χ0) is 12.5. The predicted molar refractivity (Wildman–Crippen MR) is 65.5 cm³/mol. The van der Waals surface area contributed by atoms with Crippen molar-refractivity contribution in [2.24, 2.45) is 5.14 Å². The number of aromatic nitrogens is 1. The summed E-state index contributed by atoms with van der Waals surface area (Å²) in [5.74, 6) is 0.732. The molecule has 0 radical (unpaired) electrons. The van der Waals surface area contributed by atoms with Gasteiger partial charge in [-0.05, 0) is 24.3 Å². The number of ether oxygens (including phenoxy) is 1. The van der Waals surface area contributed by atoms with Crippen LogP contribution >= 0.6 is 11.3 Å². The molecule has 2 N–H and O–H groups in total. The van der Waals surface area contributed by atoms with Crippen molar-refractivity contribution in [1.29, 1.82) is 0 Å². The van der Waals surface area contributed by atoms with Crippen LogP contribution in [-0.2, 0) is 10.0 Å². The molecule has 1 aromatic heterocycles. The number of thiazole rings is 1. The molecule has 0 aliphatic heterocycles. The van der Waals surface area contributed by atoms with Crippen molar-refractivity contribution in [1.82, 2.24) is 4.98 Å². The van der Waals surface area contributed by atoms with E-state index >= 15 is 0 Å². The van der Waals surface area contributed by atoms with Crippen LogP contribution in [-0.4, -0.2) is 20.5 Å². The number of primary sulfonamides is 1. The number of benzene rings is 1. The lowest BCUT2D eigenvalue weighted by Gasteiger charge is -2.00. The van der Waals surface area contributed by atoms with Gasteiger partial charge in [0, 0.05) is 10.9 Å². The van der Waals surface area contributed by atoms with E-state index in [1.807, 2.05) is 0 Å². The fraction of sp³-hybridized carbons (Fsp3) is 0.100. The molecule has 0 aliphatic carbocycles. The highest BCUT2D eigenvalue weighted by Crippen LogP contribution is 2.25. The summed E-state index contributed by atoms with van der Waals surface area (Å²) in [6.07, 6.45) is 0. The largest absolute Gasteiger partial charge is 0.497 e. The number of sulfonamides is 1. The van der Waals surface area contributed by atoms with Crippen molar-refractivity contribution < 1.29 is 13.2 Å². The highest BCUT2D eigenvalue weighted by Gasteiger charge is 2.13. The van der Waals surface area contributed by atoms with Gasteiger partial charge in [-0.15, -0.1) is 11.3 Å². The summed E-state index contributed by atoms with van der Waals surface area (Å²) in [7, 11) is -2.14. The van der Waals surface area contributed by atoms with E-state index in [0.29, 0.717) is 5.69 Å². The first-order valence-corrected chi connectivity index (χ1v) is 7.06. The molecular weight excluding hydrogens is 260 g/mol. The van der Waals surface area contributed by atoms with Crippen LogP contribution in [0.1, 0.15) is 0 Å². The summed E-state index contributed by atoms with van der Waals surface area (Å²) in [4.78, 5) is 3.97. The smallest absolute Gasteiger partial charge is 0.265 e. The van der Waals surface area contributed by atoms with Gasteiger partial charge in [-0.3, -0.25) is 0 Å². The van der Waals surface area contributed by atoms with Crippen molar-refractivity contribution >= 4 is 21.4 Å². The Morgan fingerprint density at radius 1 is 1.29 bits per heavy atom. The number of nitrogens with two attached hydrogens (primary N) is 1. The maximum absolute atomic E-state index is 11.1. The average molecular weight is 270 g/mol. The van der Waals surface area contributed by atoms with Gasteiger partial charge in [0.1, 0.15) is 5.75 Å². The Hall–Kier alpha value is -1.44. The van der Waals surface area contributed by atoms with E-state index in [4.69, 9.17) is 9.88 Å². The molecule has 7 heteroatoms. The van der Waals surface area contributed by atoms with Gasteiger partial charge < -0.3 is 4.74 Å². The molecule has 0 saturated heterocycles. The number of nitrogens with zero attached hydrogens (tertiary/aromatic N) is 1. The second-order valence-corrected chi connectivity index (χ2v) is 5.87. The number of methoxy groups -OCH3 is 1. The molecule has 0 spiro atoms. The van der Waals surface area contributed by atoms with Crippen LogP contribution in [0.25, 0.3) is 11.3 Å². The second kappa shape index (κ2) is 4.44. The molecule has 0 unspecified atom stereocenters. The minimum atomic E-state index is -3.72. The van der Waals surface area contributed by atoms with E-state index in [2.05, 4.69) is 4.98 Å². The molecule has 2 aromatic rings. The van der Waals surface area contributed by atoms with E-state index in [0.717, 1.165) is 22.6 Å². The maximum Gasteiger partial charge on any atom is 0.265 e. The van der Waals surface area contributed by atoms with Crippen LogP contribution in [0.5, 0.6) is 5.75 Å². The molecule has 0 aliphatic rings. The van der Waals surface area contributed by atoms with Gasteiger partial charge in [0.05, 0.1) is 12.8 Å². The monoisotopic (exact) mass is 270 g/mol. The van der Waals surface area contributed by atoms with Crippen LogP contribution in [0, 0.1) is 0 Å². The summed E-state index contributed by atoms with van der Waals surface area (Å²) in [5, 5.41) is 6.65. The summed E-state index contributed by atoms with van der Waals surface area (Å²) < 4.78 is 27.1. The van der Waals surface area contributed by atoms with Crippen molar-refractivity contribution in [2.75, 3.05) is 7.11 Å². The first-order valence-electron chi connectivity index (χ1n) is 4.63. The molecule has 0 bridgehead atoms. The van der Waals surface area contributed by atoms with Crippen molar-refractivity contribution in [2.45, 2.75) is 4.34 Å². The molecule has 1 heterocycles. The molecule has 90 valence electrons. The van der Waals surface area contributed by atoms with E-state index in [1.54, 1.807) is 36.8 Å². The van der Waals surface area contributed by atoms with Crippen LogP contribution in [0.15, 0.2) is 34.0 Å². The molecular formula is C10H10N2O3S2. The van der Waals surface area contributed by atoms with E-state index in [9.17, 15) is 8.42 Å². The molecule has 0 amide bonds. The van der Waals surface area contributed by atoms with Crippen molar-refractivity contribution in [3.05, 3.63) is 29.6 Å². The van der Waals surface area contributed by atoms with Crippen molar-refractivity contribution in [3.8, 4) is 17.0 Å². The van der Waals surface area contributed by atoms with Gasteiger partial charge in [-0.1, -0.05) is 0 Å². The third kappa shape index (κ3) is 2.63. The number of rotatable bonds is 3. The predicted octanol–water partition coefficient (Wildman–Crippen LogP) is 1.47. The number of hydrogen-bond acceptors (Lipinski definition) is 5. The Bertz CT molecular complexity index is 617. The lowest BCUT2D eigenvalue weighted by molar-refractivity contribution is 0.415. The normalized spacial score (nSPS) is 11.4. The van der Waals surface area contributed by atoms with Crippen molar-refractivity contribution in [3.63, 3.8) is 0 Å². The quantitative estimate of drug-likeness (QED) is 0.915. The standard InChI is InChI=1S/C10H10N2O3S2/c1-15-8-4-2-7(3-5-8)9-6-16-10(12-9)17(11,13)14/h2-6H,1H3,(H2,11,13,14). The van der Waals surface area contributed by atoms with E-state index < -0.39 is 10.0 Å². The Morgan fingerprint density at radius 2 is 1.94 bits per heavy atom. The Kier molecular flexibility index (Phi) is 3.14. The molecule has 2 rings (SSSR count). The van der Waals surface area contributed by atoms with Crippen LogP contribution in [0.2, 0.25) is 0 Å². The van der Waals surface area contributed by atoms with Gasteiger partial charge in [0.15, 0.2) is 0 Å². The zero-order valence-corrected chi connectivity index (χ0v) is 10.6. The fourth-order valence-electron chi connectivity index (χ4n) is 1.28. The van der Waals surface area contributed by atoms with Crippen LogP contribution in [0.4, 0.5) is 0 Å². The molecule has 0 fully saturated rings.